The predicted octanol–water partition coefficient (Wildman–Crippen LogP) is 3.28. The van der Waals surface area contributed by atoms with Crippen LogP contribution in [-0.2, 0) is 9.59 Å². The van der Waals surface area contributed by atoms with E-state index in [2.05, 4.69) is 10.6 Å². The quantitative estimate of drug-likeness (QED) is 0.549. The average Bonchev–Trinajstić information content (AvgIpc) is 2.67. The molecule has 0 aromatic heterocycles. The van der Waals surface area contributed by atoms with Gasteiger partial charge in [0.25, 0.3) is 0 Å². The molecule has 0 bridgehead atoms. The van der Waals surface area contributed by atoms with E-state index in [1.165, 1.54) is 0 Å². The fraction of sp³-hybridized carbons (Fsp3) is 0.143. The predicted molar refractivity (Wildman–Crippen MR) is 102 cm³/mol. The molecule has 0 aliphatic carbocycles. The van der Waals surface area contributed by atoms with Crippen molar-refractivity contribution >= 4 is 28.3 Å². The van der Waals surface area contributed by atoms with E-state index in [4.69, 9.17) is 4.74 Å². The fourth-order valence-corrected chi connectivity index (χ4v) is 2.55. The smallest absolute Gasteiger partial charge is 0.313 e. The minimum Gasteiger partial charge on any atom is -0.491 e. The van der Waals surface area contributed by atoms with Gasteiger partial charge >= 0.3 is 11.8 Å². The van der Waals surface area contributed by atoms with Gasteiger partial charge in [0.15, 0.2) is 0 Å². The van der Waals surface area contributed by atoms with Crippen molar-refractivity contribution in [2.45, 2.75) is 6.92 Å². The van der Waals surface area contributed by atoms with Gasteiger partial charge in [-0.15, -0.1) is 0 Å². The van der Waals surface area contributed by atoms with Crippen LogP contribution >= 0.6 is 0 Å². The Morgan fingerprint density at radius 2 is 1.62 bits per heavy atom. The zero-order valence-electron chi connectivity index (χ0n) is 14.5. The number of hydrogen-bond donors (Lipinski definition) is 2. The van der Waals surface area contributed by atoms with Gasteiger partial charge < -0.3 is 15.4 Å². The molecule has 0 aliphatic rings. The Kier molecular flexibility index (Phi) is 5.49. The number of carbonyl (C=O) groups excluding carboxylic acids is 2. The second-order valence-electron chi connectivity index (χ2n) is 5.90. The van der Waals surface area contributed by atoms with Crippen LogP contribution in [0, 0.1) is 6.92 Å². The van der Waals surface area contributed by atoms with Gasteiger partial charge in [-0.1, -0.05) is 54.1 Å². The maximum Gasteiger partial charge on any atom is 0.313 e. The third-order valence-corrected chi connectivity index (χ3v) is 3.91. The third kappa shape index (κ3) is 4.39. The fourth-order valence-electron chi connectivity index (χ4n) is 2.55. The molecule has 2 amide bonds. The van der Waals surface area contributed by atoms with Crippen LogP contribution in [-0.4, -0.2) is 25.0 Å². The summed E-state index contributed by atoms with van der Waals surface area (Å²) in [5, 5.41) is 7.22. The van der Waals surface area contributed by atoms with E-state index in [1.807, 2.05) is 61.5 Å². The van der Waals surface area contributed by atoms with Crippen LogP contribution in [0.5, 0.6) is 5.75 Å². The zero-order valence-corrected chi connectivity index (χ0v) is 14.5. The van der Waals surface area contributed by atoms with Crippen molar-refractivity contribution in [2.75, 3.05) is 18.5 Å². The second-order valence-corrected chi connectivity index (χ2v) is 5.90. The molecule has 5 nitrogen and oxygen atoms in total. The highest BCUT2D eigenvalue weighted by molar-refractivity contribution is 6.39. The second kappa shape index (κ2) is 8.16. The topological polar surface area (TPSA) is 67.4 Å². The van der Waals surface area contributed by atoms with Crippen LogP contribution < -0.4 is 15.4 Å². The van der Waals surface area contributed by atoms with Crippen LogP contribution in [0.3, 0.4) is 0 Å². The van der Waals surface area contributed by atoms with Crippen LogP contribution in [0.4, 0.5) is 5.69 Å². The van der Waals surface area contributed by atoms with Gasteiger partial charge in [0, 0.05) is 11.1 Å². The molecule has 132 valence electrons. The van der Waals surface area contributed by atoms with E-state index in [0.29, 0.717) is 5.69 Å². The summed E-state index contributed by atoms with van der Waals surface area (Å²) in [6.07, 6.45) is 0. The molecule has 0 heterocycles. The first-order valence-electron chi connectivity index (χ1n) is 8.40. The summed E-state index contributed by atoms with van der Waals surface area (Å²) in [5.74, 6) is -0.632. The number of anilines is 1. The monoisotopic (exact) mass is 348 g/mol. The average molecular weight is 348 g/mol. The van der Waals surface area contributed by atoms with Crippen molar-refractivity contribution in [1.29, 1.82) is 0 Å². The summed E-state index contributed by atoms with van der Waals surface area (Å²) in [7, 11) is 0. The molecule has 0 radical (unpaired) electrons. The summed E-state index contributed by atoms with van der Waals surface area (Å²) in [6, 6.07) is 21.0. The molecule has 0 unspecified atom stereocenters. The first-order valence-corrected chi connectivity index (χ1v) is 8.40. The highest BCUT2D eigenvalue weighted by Crippen LogP contribution is 2.24. The summed E-state index contributed by atoms with van der Waals surface area (Å²) >= 11 is 0. The first kappa shape index (κ1) is 17.5. The van der Waals surface area contributed by atoms with Crippen molar-refractivity contribution in [2.24, 2.45) is 0 Å². The summed E-state index contributed by atoms with van der Waals surface area (Å²) in [4.78, 5) is 23.7. The van der Waals surface area contributed by atoms with Crippen LogP contribution in [0.25, 0.3) is 10.8 Å². The van der Waals surface area contributed by atoms with Crippen LogP contribution in [0.15, 0.2) is 66.7 Å². The SMILES string of the molecule is Cc1ccc(NC(=O)C(=O)NCCOc2cccc3ccccc23)cc1. The van der Waals surface area contributed by atoms with Gasteiger partial charge in [0.1, 0.15) is 12.4 Å². The molecule has 0 saturated carbocycles. The standard InChI is InChI=1S/C21H20N2O3/c1-15-9-11-17(12-10-15)23-21(25)20(24)22-13-14-26-19-8-4-6-16-5-2-3-7-18(16)19/h2-12H,13-14H2,1H3,(H,22,24)(H,23,25). The molecule has 3 aromatic carbocycles. The lowest BCUT2D eigenvalue weighted by atomic mass is 10.1. The van der Waals surface area contributed by atoms with E-state index >= 15 is 0 Å². The number of rotatable bonds is 5. The molecule has 0 saturated heterocycles. The van der Waals surface area contributed by atoms with E-state index in [9.17, 15) is 9.59 Å². The number of amides is 2. The molecule has 2 N–H and O–H groups in total. The lowest BCUT2D eigenvalue weighted by molar-refractivity contribution is -0.136. The molecule has 26 heavy (non-hydrogen) atoms. The Labute approximate surface area is 152 Å². The lowest BCUT2D eigenvalue weighted by Crippen LogP contribution is -2.37. The maximum atomic E-state index is 11.9. The van der Waals surface area contributed by atoms with Crippen molar-refractivity contribution in [3.05, 3.63) is 72.3 Å². The molecule has 5 heteroatoms. The highest BCUT2D eigenvalue weighted by atomic mass is 16.5. The Hall–Kier alpha value is -3.34. The number of nitrogens with one attached hydrogen (secondary N) is 2. The van der Waals surface area contributed by atoms with Crippen molar-refractivity contribution < 1.29 is 14.3 Å². The molecular weight excluding hydrogens is 328 g/mol. The molecule has 0 aliphatic heterocycles. The van der Waals surface area contributed by atoms with Crippen LogP contribution in [0.2, 0.25) is 0 Å². The van der Waals surface area contributed by atoms with Gasteiger partial charge in [-0.25, -0.2) is 0 Å². The number of benzene rings is 3. The Morgan fingerprint density at radius 3 is 2.42 bits per heavy atom. The molecule has 3 rings (SSSR count). The van der Waals surface area contributed by atoms with Gasteiger partial charge in [-0.3, -0.25) is 9.59 Å². The Balaban J connectivity index is 1.47. The van der Waals surface area contributed by atoms with E-state index in [0.717, 1.165) is 22.1 Å². The molecule has 0 spiro atoms. The van der Waals surface area contributed by atoms with Gasteiger partial charge in [0.2, 0.25) is 0 Å². The first-order chi connectivity index (χ1) is 12.6. The van der Waals surface area contributed by atoms with E-state index < -0.39 is 11.8 Å². The van der Waals surface area contributed by atoms with Gasteiger partial charge in [-0.2, -0.15) is 0 Å². The zero-order chi connectivity index (χ0) is 18.4. The molecule has 0 atom stereocenters. The largest absolute Gasteiger partial charge is 0.491 e. The van der Waals surface area contributed by atoms with E-state index in [-0.39, 0.29) is 13.2 Å². The summed E-state index contributed by atoms with van der Waals surface area (Å²) in [6.45, 7) is 2.47. The number of aryl methyl sites for hydroxylation is 1. The minimum absolute atomic E-state index is 0.239. The third-order valence-electron chi connectivity index (χ3n) is 3.91. The van der Waals surface area contributed by atoms with Crippen molar-refractivity contribution in [3.8, 4) is 5.75 Å². The summed E-state index contributed by atoms with van der Waals surface area (Å²) in [5.41, 5.74) is 1.67. The highest BCUT2D eigenvalue weighted by Gasteiger charge is 2.13. The molecule has 0 fully saturated rings. The number of fused-ring (bicyclic) bond motifs is 1. The summed E-state index contributed by atoms with van der Waals surface area (Å²) < 4.78 is 5.73. The normalized spacial score (nSPS) is 10.3. The minimum atomic E-state index is -0.695. The van der Waals surface area contributed by atoms with Gasteiger partial charge in [-0.05, 0) is 30.5 Å². The van der Waals surface area contributed by atoms with Gasteiger partial charge in [0.05, 0.1) is 6.54 Å². The number of carbonyl (C=O) groups is 2. The molecular formula is C21H20N2O3. The van der Waals surface area contributed by atoms with Crippen LogP contribution in [0.1, 0.15) is 5.56 Å². The Bertz CT molecular complexity index is 915. The lowest BCUT2D eigenvalue weighted by Gasteiger charge is -2.10. The number of hydrogen-bond acceptors (Lipinski definition) is 3. The van der Waals surface area contributed by atoms with E-state index in [1.54, 1.807) is 12.1 Å². The Morgan fingerprint density at radius 1 is 0.885 bits per heavy atom. The maximum absolute atomic E-state index is 11.9. The van der Waals surface area contributed by atoms with Crippen molar-refractivity contribution in [1.82, 2.24) is 5.32 Å². The molecule has 3 aromatic rings. The number of ether oxygens (including phenoxy) is 1. The van der Waals surface area contributed by atoms with Crippen molar-refractivity contribution in [3.63, 3.8) is 0 Å².